The second-order valence-electron chi connectivity index (χ2n) is 5.32. The van der Waals surface area contributed by atoms with Crippen molar-refractivity contribution < 1.29 is 14.5 Å². The number of hydrogen-bond acceptors (Lipinski definition) is 7. The average molecular weight is 424 g/mol. The van der Waals surface area contributed by atoms with Crippen LogP contribution < -0.4 is 4.74 Å². The molecule has 0 atom stereocenters. The molecule has 1 aromatic heterocycles. The van der Waals surface area contributed by atoms with Gasteiger partial charge < -0.3 is 4.74 Å². The van der Waals surface area contributed by atoms with E-state index in [1.54, 1.807) is 36.4 Å². The standard InChI is InChI=1S/C17H14ClN3O4S2/c1-26-17-19-14(10-13-6-7-15(27-13)21(23)24)16(22)20(17)8-9-25-12-4-2-11(18)3-5-12/h2-7,10H,8-9H2,1H3. The second kappa shape index (κ2) is 8.55. The highest BCUT2D eigenvalue weighted by atomic mass is 35.5. The molecule has 0 spiro atoms. The van der Waals surface area contributed by atoms with Crippen LogP contribution in [0.4, 0.5) is 5.00 Å². The summed E-state index contributed by atoms with van der Waals surface area (Å²) >= 11 is 8.19. The van der Waals surface area contributed by atoms with Gasteiger partial charge in [0.2, 0.25) is 0 Å². The monoisotopic (exact) mass is 423 g/mol. The number of amides is 1. The van der Waals surface area contributed by atoms with Crippen molar-refractivity contribution in [3.63, 3.8) is 0 Å². The molecule has 2 heterocycles. The lowest BCUT2D eigenvalue weighted by Crippen LogP contribution is -2.34. The fourth-order valence-corrected chi connectivity index (χ4v) is 3.79. The number of carbonyl (C=O) groups is 1. The molecule has 0 aliphatic carbocycles. The maximum atomic E-state index is 12.6. The molecule has 1 aliphatic rings. The van der Waals surface area contributed by atoms with Crippen LogP contribution in [0.1, 0.15) is 4.88 Å². The minimum atomic E-state index is -0.458. The van der Waals surface area contributed by atoms with Crippen LogP contribution in [0.5, 0.6) is 5.75 Å². The Bertz CT molecular complexity index is 925. The molecule has 0 fully saturated rings. The molecule has 2 aromatic rings. The maximum absolute atomic E-state index is 12.6. The first kappa shape index (κ1) is 19.4. The summed E-state index contributed by atoms with van der Waals surface area (Å²) in [5.74, 6) is 0.408. The number of thiophene rings is 1. The van der Waals surface area contributed by atoms with E-state index in [1.807, 2.05) is 6.26 Å². The van der Waals surface area contributed by atoms with E-state index in [0.717, 1.165) is 11.3 Å². The molecule has 140 valence electrons. The third-order valence-corrected chi connectivity index (χ3v) is 5.48. The molecular weight excluding hydrogens is 410 g/mol. The highest BCUT2D eigenvalue weighted by Gasteiger charge is 2.29. The summed E-state index contributed by atoms with van der Waals surface area (Å²) in [6.45, 7) is 0.633. The van der Waals surface area contributed by atoms with Crippen molar-refractivity contribution in [3.05, 3.63) is 62.1 Å². The average Bonchev–Trinajstić information content (AvgIpc) is 3.23. The number of benzene rings is 1. The van der Waals surface area contributed by atoms with Gasteiger partial charge in [-0.2, -0.15) is 0 Å². The maximum Gasteiger partial charge on any atom is 0.324 e. The van der Waals surface area contributed by atoms with E-state index < -0.39 is 4.92 Å². The van der Waals surface area contributed by atoms with Crippen molar-refractivity contribution in [1.29, 1.82) is 0 Å². The van der Waals surface area contributed by atoms with E-state index in [2.05, 4.69) is 4.99 Å². The van der Waals surface area contributed by atoms with Crippen LogP contribution >= 0.6 is 34.7 Å². The van der Waals surface area contributed by atoms with Crippen LogP contribution in [0.25, 0.3) is 6.08 Å². The summed E-state index contributed by atoms with van der Waals surface area (Å²) in [7, 11) is 0. The van der Waals surface area contributed by atoms with Crippen LogP contribution in [0.3, 0.4) is 0 Å². The zero-order valence-corrected chi connectivity index (χ0v) is 16.5. The molecule has 0 saturated heterocycles. The van der Waals surface area contributed by atoms with Crippen LogP contribution in [-0.4, -0.2) is 40.3 Å². The largest absolute Gasteiger partial charge is 0.492 e. The Morgan fingerprint density at radius 1 is 1.33 bits per heavy atom. The minimum absolute atomic E-state index is 0.0228. The molecule has 10 heteroatoms. The number of rotatable bonds is 6. The summed E-state index contributed by atoms with van der Waals surface area (Å²) in [5.41, 5.74) is 0.252. The Kier molecular flexibility index (Phi) is 6.15. The Labute approximate surface area is 168 Å². The van der Waals surface area contributed by atoms with Crippen molar-refractivity contribution in [2.75, 3.05) is 19.4 Å². The lowest BCUT2D eigenvalue weighted by atomic mass is 10.3. The third kappa shape index (κ3) is 4.68. The lowest BCUT2D eigenvalue weighted by Gasteiger charge is -2.17. The minimum Gasteiger partial charge on any atom is -0.492 e. The Morgan fingerprint density at radius 3 is 2.70 bits per heavy atom. The first-order valence-electron chi connectivity index (χ1n) is 7.77. The molecule has 1 aromatic carbocycles. The Balaban J connectivity index is 1.67. The summed E-state index contributed by atoms with van der Waals surface area (Å²) in [4.78, 5) is 29.4. The molecule has 0 N–H and O–H groups in total. The lowest BCUT2D eigenvalue weighted by molar-refractivity contribution is -0.380. The van der Waals surface area contributed by atoms with Gasteiger partial charge in [-0.25, -0.2) is 4.99 Å². The number of aliphatic imine (C=N–C) groups is 1. The SMILES string of the molecule is CSC1=NC(=Cc2ccc([N+](=O)[O-])s2)C(=O)N1CCOc1ccc(Cl)cc1. The topological polar surface area (TPSA) is 85.0 Å². The molecular formula is C17H14ClN3O4S2. The van der Waals surface area contributed by atoms with Crippen molar-refractivity contribution in [3.8, 4) is 5.75 Å². The van der Waals surface area contributed by atoms with Gasteiger partial charge in [0.1, 0.15) is 18.1 Å². The summed E-state index contributed by atoms with van der Waals surface area (Å²) in [5, 5.41) is 12.0. The highest BCUT2D eigenvalue weighted by Crippen LogP contribution is 2.28. The molecule has 1 amide bonds. The molecule has 0 saturated carbocycles. The number of amidine groups is 1. The van der Waals surface area contributed by atoms with Crippen molar-refractivity contribution in [2.24, 2.45) is 4.99 Å². The van der Waals surface area contributed by atoms with Gasteiger partial charge in [0.05, 0.1) is 11.5 Å². The van der Waals surface area contributed by atoms with E-state index in [-0.39, 0.29) is 16.6 Å². The van der Waals surface area contributed by atoms with Crippen LogP contribution in [-0.2, 0) is 4.79 Å². The van der Waals surface area contributed by atoms with Gasteiger partial charge >= 0.3 is 5.00 Å². The van der Waals surface area contributed by atoms with Gasteiger partial charge in [-0.05, 0) is 42.7 Å². The number of nitrogens with zero attached hydrogens (tertiary/aromatic N) is 3. The molecule has 0 bridgehead atoms. The number of nitro groups is 1. The summed E-state index contributed by atoms with van der Waals surface area (Å²) < 4.78 is 5.64. The Morgan fingerprint density at radius 2 is 2.07 bits per heavy atom. The first-order chi connectivity index (χ1) is 13.0. The fourth-order valence-electron chi connectivity index (χ4n) is 2.32. The van der Waals surface area contributed by atoms with E-state index in [1.165, 1.54) is 22.7 Å². The number of halogens is 1. The van der Waals surface area contributed by atoms with Gasteiger partial charge in [0.15, 0.2) is 5.17 Å². The van der Waals surface area contributed by atoms with Crippen LogP contribution in [0.2, 0.25) is 5.02 Å². The number of hydrogen-bond donors (Lipinski definition) is 0. The molecule has 1 aliphatic heterocycles. The molecule has 7 nitrogen and oxygen atoms in total. The second-order valence-corrected chi connectivity index (χ2v) is 7.62. The van der Waals surface area contributed by atoms with Crippen molar-refractivity contribution in [2.45, 2.75) is 0 Å². The molecule has 0 unspecified atom stereocenters. The summed E-state index contributed by atoms with van der Waals surface area (Å²) in [6.07, 6.45) is 3.40. The van der Waals surface area contributed by atoms with Crippen molar-refractivity contribution >= 4 is 56.9 Å². The smallest absolute Gasteiger partial charge is 0.324 e. The molecule has 3 rings (SSSR count). The van der Waals surface area contributed by atoms with Crippen LogP contribution in [0, 0.1) is 10.1 Å². The van der Waals surface area contributed by atoms with Gasteiger partial charge in [-0.15, -0.1) is 0 Å². The van der Waals surface area contributed by atoms with E-state index in [0.29, 0.717) is 34.0 Å². The first-order valence-corrected chi connectivity index (χ1v) is 10.2. The number of thioether (sulfide) groups is 1. The van der Waals surface area contributed by atoms with Gasteiger partial charge in [0.25, 0.3) is 5.91 Å². The number of ether oxygens (including phenoxy) is 1. The van der Waals surface area contributed by atoms with Gasteiger partial charge in [-0.1, -0.05) is 34.7 Å². The van der Waals surface area contributed by atoms with Crippen LogP contribution in [0.15, 0.2) is 47.1 Å². The normalized spacial score (nSPS) is 15.3. The molecule has 0 radical (unpaired) electrons. The van der Waals surface area contributed by atoms with E-state index in [9.17, 15) is 14.9 Å². The van der Waals surface area contributed by atoms with Crippen molar-refractivity contribution in [1.82, 2.24) is 4.90 Å². The summed E-state index contributed by atoms with van der Waals surface area (Å²) in [6, 6.07) is 9.98. The molecule has 27 heavy (non-hydrogen) atoms. The zero-order valence-electron chi connectivity index (χ0n) is 14.1. The van der Waals surface area contributed by atoms with Gasteiger partial charge in [0, 0.05) is 16.0 Å². The predicted molar refractivity (Wildman–Crippen MR) is 109 cm³/mol. The quantitative estimate of drug-likeness (QED) is 0.393. The zero-order chi connectivity index (χ0) is 19.4. The van der Waals surface area contributed by atoms with Gasteiger partial charge in [-0.3, -0.25) is 19.8 Å². The third-order valence-electron chi connectivity index (χ3n) is 3.56. The van der Waals surface area contributed by atoms with E-state index >= 15 is 0 Å². The Hall–Kier alpha value is -2.36. The number of carbonyl (C=O) groups excluding carboxylic acids is 1. The highest BCUT2D eigenvalue weighted by molar-refractivity contribution is 8.13. The predicted octanol–water partition coefficient (Wildman–Crippen LogP) is 4.29. The fraction of sp³-hybridized carbons (Fsp3) is 0.176. The van der Waals surface area contributed by atoms with E-state index in [4.69, 9.17) is 16.3 Å².